The number of piperidine rings is 1. The summed E-state index contributed by atoms with van der Waals surface area (Å²) in [6, 6.07) is 12.8. The molecule has 1 saturated heterocycles. The average Bonchev–Trinajstić information content (AvgIpc) is 3.28. The van der Waals surface area contributed by atoms with Gasteiger partial charge in [0.15, 0.2) is 0 Å². The standard InChI is InChI=1S/C52H78FN7O12/c1-49(2,3)70-46(66)54-30-20-18-26-38(44(64)60-31-27-52(28-32-60,45(65)69-10)59-48(68)72-51(7,8)9)56-41(61)37(25-17-19-29-53)55-42(62)39(33-35-21-13-11-14-22-35)57-43(63)40(34-36-23-15-12-16-24-36)58-47(67)71-50(4,5)6/h11-16,21-24,37-40H,17-20,25-34H2,1-10H3,(H,54,66)(H,55,62)(H,56,61)(H,57,63)(H,58,67)(H,59,68). The number of methoxy groups -OCH3 is 1. The zero-order valence-corrected chi connectivity index (χ0v) is 43.7. The zero-order valence-electron chi connectivity index (χ0n) is 43.7. The van der Waals surface area contributed by atoms with E-state index in [-0.39, 0.29) is 71.0 Å². The number of nitrogens with zero attached hydrogens (tertiary/aromatic N) is 1. The number of hydrogen-bond donors (Lipinski definition) is 6. The first-order chi connectivity index (χ1) is 33.7. The van der Waals surface area contributed by atoms with Crippen molar-refractivity contribution in [1.29, 1.82) is 0 Å². The molecule has 7 amide bonds. The Kier molecular flexibility index (Phi) is 23.2. The molecule has 1 aliphatic rings. The number of nitrogens with one attached hydrogen (secondary N) is 6. The molecule has 72 heavy (non-hydrogen) atoms. The summed E-state index contributed by atoms with van der Waals surface area (Å²) in [6.45, 7) is 14.7. The predicted octanol–water partition coefficient (Wildman–Crippen LogP) is 5.71. The Hall–Kier alpha value is -6.47. The predicted molar refractivity (Wildman–Crippen MR) is 267 cm³/mol. The van der Waals surface area contributed by atoms with Crippen LogP contribution in [0.3, 0.4) is 0 Å². The van der Waals surface area contributed by atoms with Crippen molar-refractivity contribution >= 4 is 47.9 Å². The maximum Gasteiger partial charge on any atom is 0.408 e. The summed E-state index contributed by atoms with van der Waals surface area (Å²) in [5.74, 6) is -3.44. The minimum Gasteiger partial charge on any atom is -0.467 e. The molecule has 6 N–H and O–H groups in total. The van der Waals surface area contributed by atoms with Gasteiger partial charge >= 0.3 is 24.2 Å². The molecular weight excluding hydrogens is 934 g/mol. The highest BCUT2D eigenvalue weighted by Gasteiger charge is 2.46. The lowest BCUT2D eigenvalue weighted by molar-refractivity contribution is -0.153. The third-order valence-corrected chi connectivity index (χ3v) is 11.2. The number of rotatable bonds is 23. The topological polar surface area (TPSA) is 249 Å². The number of hydrogen-bond acceptors (Lipinski definition) is 12. The first kappa shape index (κ1) is 59.8. The Balaban J connectivity index is 1.93. The van der Waals surface area contributed by atoms with Crippen molar-refractivity contribution in [3.05, 3.63) is 71.8 Å². The molecule has 0 bridgehead atoms. The molecule has 19 nitrogen and oxygen atoms in total. The molecule has 4 unspecified atom stereocenters. The number of unbranched alkanes of at least 4 members (excludes halogenated alkanes) is 2. The molecule has 0 spiro atoms. The third kappa shape index (κ3) is 21.9. The highest BCUT2D eigenvalue weighted by Crippen LogP contribution is 2.26. The monoisotopic (exact) mass is 1010 g/mol. The van der Waals surface area contributed by atoms with Gasteiger partial charge in [0.2, 0.25) is 23.6 Å². The number of likely N-dealkylation sites (tertiary alicyclic amines) is 1. The van der Waals surface area contributed by atoms with Crippen LogP contribution in [-0.4, -0.2) is 133 Å². The van der Waals surface area contributed by atoms with Gasteiger partial charge in [-0.2, -0.15) is 0 Å². The van der Waals surface area contributed by atoms with Crippen LogP contribution < -0.4 is 31.9 Å². The average molecular weight is 1010 g/mol. The molecule has 0 aliphatic carbocycles. The van der Waals surface area contributed by atoms with Gasteiger partial charge in [-0.1, -0.05) is 60.7 Å². The van der Waals surface area contributed by atoms with Crippen LogP contribution in [0.4, 0.5) is 18.8 Å². The van der Waals surface area contributed by atoms with Gasteiger partial charge in [-0.05, 0) is 125 Å². The minimum atomic E-state index is -1.51. The fourth-order valence-corrected chi connectivity index (χ4v) is 7.74. The number of carbonyl (C=O) groups excluding carboxylic acids is 8. The molecule has 0 saturated carbocycles. The lowest BCUT2D eigenvalue weighted by atomic mass is 9.87. The quantitative estimate of drug-likeness (QED) is 0.0445. The second kappa shape index (κ2) is 28.0. The Bertz CT molecular complexity index is 2100. The minimum absolute atomic E-state index is 0.0228. The largest absolute Gasteiger partial charge is 0.467 e. The summed E-state index contributed by atoms with van der Waals surface area (Å²) >= 11 is 0. The molecule has 1 heterocycles. The van der Waals surface area contributed by atoms with Gasteiger partial charge < -0.3 is 55.7 Å². The molecule has 1 aliphatic heterocycles. The number of alkyl carbamates (subject to hydrolysis) is 3. The van der Waals surface area contributed by atoms with E-state index >= 15 is 0 Å². The number of ether oxygens (including phenoxy) is 4. The fraction of sp³-hybridized carbons (Fsp3) is 0.615. The highest BCUT2D eigenvalue weighted by molar-refractivity contribution is 5.96. The molecular formula is C52H78FN7O12. The zero-order chi connectivity index (χ0) is 53.7. The first-order valence-corrected chi connectivity index (χ1v) is 24.6. The normalized spacial score (nSPS) is 15.2. The molecule has 2 aromatic carbocycles. The van der Waals surface area contributed by atoms with Crippen LogP contribution in [0.1, 0.15) is 125 Å². The molecule has 2 aromatic rings. The van der Waals surface area contributed by atoms with Crippen molar-refractivity contribution in [3.8, 4) is 0 Å². The lowest BCUT2D eigenvalue weighted by Crippen LogP contribution is -2.63. The summed E-state index contributed by atoms with van der Waals surface area (Å²) in [5.41, 5.74) is -2.58. The third-order valence-electron chi connectivity index (χ3n) is 11.2. The number of halogens is 1. The van der Waals surface area contributed by atoms with Crippen molar-refractivity contribution in [2.45, 2.75) is 173 Å². The van der Waals surface area contributed by atoms with Gasteiger partial charge in [0, 0.05) is 32.5 Å². The Morgan fingerprint density at radius 3 is 1.50 bits per heavy atom. The number of amides is 7. The van der Waals surface area contributed by atoms with E-state index in [1.807, 2.05) is 6.07 Å². The lowest BCUT2D eigenvalue weighted by Gasteiger charge is -2.41. The van der Waals surface area contributed by atoms with Gasteiger partial charge in [0.1, 0.15) is 46.5 Å². The van der Waals surface area contributed by atoms with Gasteiger partial charge in [-0.15, -0.1) is 0 Å². The van der Waals surface area contributed by atoms with Crippen molar-refractivity contribution in [2.75, 3.05) is 33.4 Å². The van der Waals surface area contributed by atoms with E-state index in [1.165, 1.54) is 12.0 Å². The second-order valence-electron chi connectivity index (χ2n) is 20.9. The van der Waals surface area contributed by atoms with Crippen LogP contribution in [-0.2, 0) is 55.8 Å². The van der Waals surface area contributed by atoms with E-state index < -0.39 is 101 Å². The second-order valence-corrected chi connectivity index (χ2v) is 20.9. The van der Waals surface area contributed by atoms with Crippen LogP contribution >= 0.6 is 0 Å². The SMILES string of the molecule is COC(=O)C1(NC(=O)OC(C)(C)C)CCN(C(=O)C(CCCCNC(=O)OC(C)(C)C)NC(=O)C(CCCCF)NC(=O)C(Cc2ccccc2)NC(=O)C(Cc2ccccc2)NC(=O)OC(C)(C)C)CC1. The van der Waals surface area contributed by atoms with Crippen molar-refractivity contribution in [1.82, 2.24) is 36.8 Å². The Morgan fingerprint density at radius 2 is 1.00 bits per heavy atom. The number of alkyl halides is 1. The molecule has 400 valence electrons. The number of benzene rings is 2. The van der Waals surface area contributed by atoms with Crippen molar-refractivity contribution in [3.63, 3.8) is 0 Å². The molecule has 0 aromatic heterocycles. The van der Waals surface area contributed by atoms with Crippen LogP contribution in [0.5, 0.6) is 0 Å². The van der Waals surface area contributed by atoms with Gasteiger partial charge in [-0.25, -0.2) is 19.2 Å². The van der Waals surface area contributed by atoms with Crippen molar-refractivity contribution in [2.24, 2.45) is 0 Å². The molecule has 0 radical (unpaired) electrons. The molecule has 20 heteroatoms. The summed E-state index contributed by atoms with van der Waals surface area (Å²) in [5, 5.41) is 16.4. The van der Waals surface area contributed by atoms with Gasteiger partial charge in [0.25, 0.3) is 0 Å². The van der Waals surface area contributed by atoms with E-state index in [9.17, 15) is 42.7 Å². The molecule has 1 fully saturated rings. The maximum absolute atomic E-state index is 14.5. The van der Waals surface area contributed by atoms with E-state index in [0.29, 0.717) is 18.4 Å². The van der Waals surface area contributed by atoms with E-state index in [0.717, 1.165) is 5.56 Å². The van der Waals surface area contributed by atoms with Gasteiger partial charge in [-0.3, -0.25) is 23.6 Å². The molecule has 4 atom stereocenters. The van der Waals surface area contributed by atoms with Crippen LogP contribution in [0.15, 0.2) is 60.7 Å². The summed E-state index contributed by atoms with van der Waals surface area (Å²) in [7, 11) is 1.19. The van der Waals surface area contributed by atoms with Crippen LogP contribution in [0, 0.1) is 0 Å². The summed E-state index contributed by atoms with van der Waals surface area (Å²) in [6.07, 6.45) is -1.35. The van der Waals surface area contributed by atoms with E-state index in [1.54, 1.807) is 117 Å². The summed E-state index contributed by atoms with van der Waals surface area (Å²) < 4.78 is 34.8. The Morgan fingerprint density at radius 1 is 0.569 bits per heavy atom. The smallest absolute Gasteiger partial charge is 0.408 e. The Labute approximate surface area is 423 Å². The van der Waals surface area contributed by atoms with Crippen molar-refractivity contribution < 1.29 is 61.7 Å². The van der Waals surface area contributed by atoms with E-state index in [4.69, 9.17) is 18.9 Å². The van der Waals surface area contributed by atoms with Gasteiger partial charge in [0.05, 0.1) is 13.8 Å². The number of esters is 1. The highest BCUT2D eigenvalue weighted by atomic mass is 19.1. The van der Waals surface area contributed by atoms with E-state index in [2.05, 4.69) is 31.9 Å². The van der Waals surface area contributed by atoms with Crippen LogP contribution in [0.25, 0.3) is 0 Å². The summed E-state index contributed by atoms with van der Waals surface area (Å²) in [4.78, 5) is 110. The fourth-order valence-electron chi connectivity index (χ4n) is 7.74. The molecule has 3 rings (SSSR count). The first-order valence-electron chi connectivity index (χ1n) is 24.6. The maximum atomic E-state index is 14.5. The number of carbonyl (C=O) groups is 8. The van der Waals surface area contributed by atoms with Crippen LogP contribution in [0.2, 0.25) is 0 Å².